The van der Waals surface area contributed by atoms with Crippen LogP contribution in [0.3, 0.4) is 0 Å². The summed E-state index contributed by atoms with van der Waals surface area (Å²) < 4.78 is 7.10. The number of nitrogens with zero attached hydrogens (tertiary/aromatic N) is 3. The Kier molecular flexibility index (Phi) is 6.79. The summed E-state index contributed by atoms with van der Waals surface area (Å²) in [7, 11) is 1.75. The fourth-order valence-electron chi connectivity index (χ4n) is 3.54. The first-order valence-corrected chi connectivity index (χ1v) is 11.6. The standard InChI is InChI=1S/C26H25N3O3S/c1-4-32-21-16-14-20(15-17-21)29-25(31)22-12-8-9-13-23(22)27-26(29)33-18(2)24(30)28(3)19-10-6-5-7-11-19/h5-18H,4H2,1-3H3/t18-/m0/s1. The van der Waals surface area contributed by atoms with Crippen LogP contribution in [0.4, 0.5) is 5.69 Å². The zero-order valence-electron chi connectivity index (χ0n) is 18.8. The van der Waals surface area contributed by atoms with E-state index in [2.05, 4.69) is 0 Å². The zero-order valence-corrected chi connectivity index (χ0v) is 19.6. The molecule has 4 rings (SSSR count). The quantitative estimate of drug-likeness (QED) is 0.290. The van der Waals surface area contributed by atoms with Crippen molar-refractivity contribution in [3.05, 3.63) is 89.2 Å². The number of fused-ring (bicyclic) bond motifs is 1. The van der Waals surface area contributed by atoms with E-state index in [1.165, 1.54) is 11.8 Å². The summed E-state index contributed by atoms with van der Waals surface area (Å²) in [6.07, 6.45) is 0. The molecule has 0 bridgehead atoms. The Balaban J connectivity index is 1.73. The topological polar surface area (TPSA) is 64.4 Å². The van der Waals surface area contributed by atoms with Crippen LogP contribution in [0.1, 0.15) is 13.8 Å². The molecular weight excluding hydrogens is 434 g/mol. The van der Waals surface area contributed by atoms with Gasteiger partial charge in [-0.3, -0.25) is 14.2 Å². The zero-order chi connectivity index (χ0) is 23.4. The number of para-hydroxylation sites is 2. The van der Waals surface area contributed by atoms with Gasteiger partial charge in [-0.05, 0) is 62.4 Å². The lowest BCUT2D eigenvalue weighted by atomic mass is 10.2. The van der Waals surface area contributed by atoms with E-state index in [4.69, 9.17) is 9.72 Å². The van der Waals surface area contributed by atoms with Crippen molar-refractivity contribution in [2.24, 2.45) is 0 Å². The Hall–Kier alpha value is -3.58. The second kappa shape index (κ2) is 9.92. The smallest absolute Gasteiger partial charge is 0.266 e. The average Bonchev–Trinajstić information content (AvgIpc) is 2.85. The number of carbonyl (C=O) groups excluding carboxylic acids is 1. The third-order valence-corrected chi connectivity index (χ3v) is 6.29. The van der Waals surface area contributed by atoms with Gasteiger partial charge in [0.15, 0.2) is 5.16 Å². The monoisotopic (exact) mass is 459 g/mol. The highest BCUT2D eigenvalue weighted by atomic mass is 32.2. The van der Waals surface area contributed by atoms with Crippen molar-refractivity contribution in [1.82, 2.24) is 9.55 Å². The van der Waals surface area contributed by atoms with Crippen LogP contribution >= 0.6 is 11.8 Å². The minimum absolute atomic E-state index is 0.0770. The number of amides is 1. The van der Waals surface area contributed by atoms with Gasteiger partial charge in [0.1, 0.15) is 5.75 Å². The highest BCUT2D eigenvalue weighted by molar-refractivity contribution is 8.00. The molecule has 6 nitrogen and oxygen atoms in total. The largest absolute Gasteiger partial charge is 0.494 e. The lowest BCUT2D eigenvalue weighted by Crippen LogP contribution is -2.33. The molecule has 1 aromatic heterocycles. The highest BCUT2D eigenvalue weighted by Gasteiger charge is 2.23. The number of anilines is 1. The Morgan fingerprint density at radius 2 is 1.70 bits per heavy atom. The Morgan fingerprint density at radius 1 is 1.03 bits per heavy atom. The molecule has 1 heterocycles. The molecule has 0 aliphatic heterocycles. The summed E-state index contributed by atoms with van der Waals surface area (Å²) in [5.74, 6) is 0.650. The van der Waals surface area contributed by atoms with Gasteiger partial charge in [0.2, 0.25) is 5.91 Å². The van der Waals surface area contributed by atoms with Crippen LogP contribution in [0.2, 0.25) is 0 Å². The summed E-state index contributed by atoms with van der Waals surface area (Å²) in [5.41, 5.74) is 1.90. The fourth-order valence-corrected chi connectivity index (χ4v) is 4.56. The molecule has 0 aliphatic carbocycles. The summed E-state index contributed by atoms with van der Waals surface area (Å²) in [6, 6.07) is 24.0. The van der Waals surface area contributed by atoms with Crippen LogP contribution in [-0.2, 0) is 4.79 Å². The van der Waals surface area contributed by atoms with Gasteiger partial charge in [-0.1, -0.05) is 42.1 Å². The third kappa shape index (κ3) is 4.78. The van der Waals surface area contributed by atoms with Gasteiger partial charge >= 0.3 is 0 Å². The number of hydrogen-bond acceptors (Lipinski definition) is 5. The van der Waals surface area contributed by atoms with E-state index in [0.29, 0.717) is 28.4 Å². The van der Waals surface area contributed by atoms with Crippen molar-refractivity contribution in [1.29, 1.82) is 0 Å². The molecule has 1 amide bonds. The average molecular weight is 460 g/mol. The van der Waals surface area contributed by atoms with Crippen molar-refractivity contribution in [3.63, 3.8) is 0 Å². The number of hydrogen-bond donors (Lipinski definition) is 0. The number of carbonyl (C=O) groups is 1. The van der Waals surface area contributed by atoms with Crippen molar-refractivity contribution in [2.45, 2.75) is 24.3 Å². The molecule has 0 saturated carbocycles. The van der Waals surface area contributed by atoms with Gasteiger partial charge < -0.3 is 9.64 Å². The van der Waals surface area contributed by atoms with E-state index >= 15 is 0 Å². The molecule has 0 radical (unpaired) electrons. The lowest BCUT2D eigenvalue weighted by Gasteiger charge is -2.22. The first kappa shape index (κ1) is 22.6. The molecule has 1 atom stereocenters. The van der Waals surface area contributed by atoms with E-state index in [-0.39, 0.29) is 11.5 Å². The molecule has 3 aromatic carbocycles. The highest BCUT2D eigenvalue weighted by Crippen LogP contribution is 2.27. The summed E-state index contributed by atoms with van der Waals surface area (Å²) in [5, 5.41) is 0.526. The van der Waals surface area contributed by atoms with E-state index in [1.807, 2.05) is 86.6 Å². The Morgan fingerprint density at radius 3 is 2.39 bits per heavy atom. The van der Waals surface area contributed by atoms with Crippen LogP contribution in [0.25, 0.3) is 16.6 Å². The van der Waals surface area contributed by atoms with Gasteiger partial charge in [0, 0.05) is 12.7 Å². The maximum absolute atomic E-state index is 13.5. The van der Waals surface area contributed by atoms with Crippen LogP contribution in [0.5, 0.6) is 5.75 Å². The summed E-state index contributed by atoms with van der Waals surface area (Å²) in [6.45, 7) is 4.31. The van der Waals surface area contributed by atoms with E-state index in [1.54, 1.807) is 22.6 Å². The third-order valence-electron chi connectivity index (χ3n) is 5.25. The van der Waals surface area contributed by atoms with E-state index in [0.717, 1.165) is 11.4 Å². The summed E-state index contributed by atoms with van der Waals surface area (Å²) >= 11 is 1.27. The predicted octanol–water partition coefficient (Wildman–Crippen LogP) is 4.93. The number of ether oxygens (including phenoxy) is 1. The number of thioether (sulfide) groups is 1. The fraction of sp³-hybridized carbons (Fsp3) is 0.192. The van der Waals surface area contributed by atoms with Crippen molar-refractivity contribution >= 4 is 34.3 Å². The van der Waals surface area contributed by atoms with Crippen LogP contribution in [0, 0.1) is 0 Å². The Bertz CT molecular complexity index is 1320. The van der Waals surface area contributed by atoms with Crippen molar-refractivity contribution < 1.29 is 9.53 Å². The molecule has 0 unspecified atom stereocenters. The molecule has 0 fully saturated rings. The SMILES string of the molecule is CCOc1ccc(-n2c(S[C@@H](C)C(=O)N(C)c3ccccc3)nc3ccccc3c2=O)cc1. The summed E-state index contributed by atoms with van der Waals surface area (Å²) in [4.78, 5) is 33.0. The minimum atomic E-state index is -0.461. The maximum atomic E-state index is 13.5. The van der Waals surface area contributed by atoms with Crippen molar-refractivity contribution in [3.8, 4) is 11.4 Å². The molecule has 0 spiro atoms. The number of benzene rings is 3. The molecular formula is C26H25N3O3S. The van der Waals surface area contributed by atoms with Gasteiger partial charge in [0.25, 0.3) is 5.56 Å². The van der Waals surface area contributed by atoms with Crippen LogP contribution < -0.4 is 15.2 Å². The maximum Gasteiger partial charge on any atom is 0.266 e. The van der Waals surface area contributed by atoms with Gasteiger partial charge in [-0.2, -0.15) is 0 Å². The van der Waals surface area contributed by atoms with Gasteiger partial charge in [-0.25, -0.2) is 4.98 Å². The number of rotatable bonds is 7. The molecule has 4 aromatic rings. The van der Waals surface area contributed by atoms with E-state index < -0.39 is 5.25 Å². The first-order valence-electron chi connectivity index (χ1n) is 10.7. The van der Waals surface area contributed by atoms with Crippen LogP contribution in [0.15, 0.2) is 88.8 Å². The molecule has 7 heteroatoms. The lowest BCUT2D eigenvalue weighted by molar-refractivity contribution is -0.117. The minimum Gasteiger partial charge on any atom is -0.494 e. The predicted molar refractivity (Wildman–Crippen MR) is 134 cm³/mol. The molecule has 0 saturated heterocycles. The first-order chi connectivity index (χ1) is 16.0. The second-order valence-corrected chi connectivity index (χ2v) is 8.78. The molecule has 168 valence electrons. The van der Waals surface area contributed by atoms with Crippen molar-refractivity contribution in [2.75, 3.05) is 18.6 Å². The molecule has 0 aliphatic rings. The normalized spacial score (nSPS) is 11.8. The second-order valence-electron chi connectivity index (χ2n) is 7.47. The molecule has 33 heavy (non-hydrogen) atoms. The number of aromatic nitrogens is 2. The Labute approximate surface area is 196 Å². The van der Waals surface area contributed by atoms with E-state index in [9.17, 15) is 9.59 Å². The molecule has 0 N–H and O–H groups in total. The van der Waals surface area contributed by atoms with Crippen LogP contribution in [-0.4, -0.2) is 34.4 Å². The van der Waals surface area contributed by atoms with Gasteiger partial charge in [0.05, 0.1) is 28.4 Å². The van der Waals surface area contributed by atoms with Gasteiger partial charge in [-0.15, -0.1) is 0 Å².